The number of imide groups is 1. The maximum Gasteiger partial charge on any atom is 0.261 e. The van der Waals surface area contributed by atoms with Crippen LogP contribution in [0.3, 0.4) is 0 Å². The fourth-order valence-electron chi connectivity index (χ4n) is 3.03. The van der Waals surface area contributed by atoms with Gasteiger partial charge in [-0.1, -0.05) is 18.2 Å². The van der Waals surface area contributed by atoms with E-state index in [1.54, 1.807) is 24.4 Å². The zero-order chi connectivity index (χ0) is 19.0. The molecule has 27 heavy (non-hydrogen) atoms. The minimum Gasteiger partial charge on any atom is -0.277 e. The molecule has 1 aromatic heterocycles. The second kappa shape index (κ2) is 6.48. The molecule has 8 heteroatoms. The molecule has 7 nitrogen and oxygen atoms in total. The van der Waals surface area contributed by atoms with E-state index in [9.17, 15) is 18.0 Å². The largest absolute Gasteiger partial charge is 0.277 e. The molecule has 0 radical (unpaired) electrons. The zero-order valence-electron chi connectivity index (χ0n) is 14.1. The number of carbonyl (C=O) groups is 2. The van der Waals surface area contributed by atoms with Crippen molar-refractivity contribution in [1.82, 2.24) is 4.98 Å². The summed E-state index contributed by atoms with van der Waals surface area (Å²) < 4.78 is 28.0. The number of hydrogen-bond acceptors (Lipinski definition) is 5. The topological polar surface area (TPSA) is 96.4 Å². The number of nitrogens with zero attached hydrogens (tertiary/aromatic N) is 2. The molecule has 3 aromatic rings. The fourth-order valence-corrected chi connectivity index (χ4v) is 4.10. The molecule has 1 N–H and O–H groups in total. The van der Waals surface area contributed by atoms with Gasteiger partial charge in [0.2, 0.25) is 11.8 Å². The van der Waals surface area contributed by atoms with Gasteiger partial charge in [-0.3, -0.25) is 24.2 Å². The number of pyridine rings is 1. The van der Waals surface area contributed by atoms with Crippen molar-refractivity contribution in [2.75, 3.05) is 9.62 Å². The van der Waals surface area contributed by atoms with Crippen LogP contribution in [0, 0.1) is 0 Å². The molecule has 2 aromatic carbocycles. The Bertz CT molecular complexity index is 1140. The highest BCUT2D eigenvalue weighted by Gasteiger charge is 2.30. The van der Waals surface area contributed by atoms with Gasteiger partial charge in [-0.05, 0) is 36.4 Å². The van der Waals surface area contributed by atoms with Gasteiger partial charge in [0, 0.05) is 24.4 Å². The van der Waals surface area contributed by atoms with Crippen LogP contribution in [0.4, 0.5) is 11.4 Å². The summed E-state index contributed by atoms with van der Waals surface area (Å²) in [5.41, 5.74) is 1.30. The molecular formula is C19H15N3O4S. The number of aromatic nitrogens is 1. The van der Waals surface area contributed by atoms with Crippen molar-refractivity contribution in [2.24, 2.45) is 0 Å². The van der Waals surface area contributed by atoms with E-state index in [0.29, 0.717) is 16.9 Å². The van der Waals surface area contributed by atoms with Crippen molar-refractivity contribution >= 4 is 44.1 Å². The summed E-state index contributed by atoms with van der Waals surface area (Å²) >= 11 is 0. The standard InChI is InChI=1S/C19H15N3O4S/c23-17-10-11-18(24)22(17)14-6-8-15(9-7-14)27(25,26)21-16-5-1-3-13-4-2-12-20-19(13)16/h1-9,12,21H,10-11H2. The molecule has 1 fully saturated rings. The molecule has 4 rings (SSSR count). The van der Waals surface area contributed by atoms with Crippen LogP contribution in [0.15, 0.2) is 65.7 Å². The lowest BCUT2D eigenvalue weighted by Crippen LogP contribution is -2.28. The summed E-state index contributed by atoms with van der Waals surface area (Å²) in [7, 11) is -3.85. The maximum absolute atomic E-state index is 12.7. The molecule has 136 valence electrons. The van der Waals surface area contributed by atoms with E-state index in [4.69, 9.17) is 0 Å². The van der Waals surface area contributed by atoms with Crippen LogP contribution in [-0.4, -0.2) is 25.2 Å². The highest BCUT2D eigenvalue weighted by atomic mass is 32.2. The van der Waals surface area contributed by atoms with Crippen molar-refractivity contribution < 1.29 is 18.0 Å². The van der Waals surface area contributed by atoms with Crippen LogP contribution in [0.5, 0.6) is 0 Å². The van der Waals surface area contributed by atoms with Crippen molar-refractivity contribution in [1.29, 1.82) is 0 Å². The smallest absolute Gasteiger partial charge is 0.261 e. The molecule has 0 aliphatic carbocycles. The Labute approximate surface area is 155 Å². The number of carbonyl (C=O) groups excluding carboxylic acids is 2. The number of rotatable bonds is 4. The number of para-hydroxylation sites is 1. The highest BCUT2D eigenvalue weighted by molar-refractivity contribution is 7.92. The second-order valence-corrected chi connectivity index (χ2v) is 7.79. The number of anilines is 2. The monoisotopic (exact) mass is 381 g/mol. The van der Waals surface area contributed by atoms with Gasteiger partial charge in [-0.15, -0.1) is 0 Å². The lowest BCUT2D eigenvalue weighted by Gasteiger charge is -2.15. The van der Waals surface area contributed by atoms with Gasteiger partial charge < -0.3 is 0 Å². The van der Waals surface area contributed by atoms with Gasteiger partial charge in [-0.25, -0.2) is 8.42 Å². The van der Waals surface area contributed by atoms with Crippen LogP contribution in [0.2, 0.25) is 0 Å². The lowest BCUT2D eigenvalue weighted by molar-refractivity contribution is -0.121. The van der Waals surface area contributed by atoms with Gasteiger partial charge in [0.05, 0.1) is 21.8 Å². The Morgan fingerprint density at radius 2 is 1.56 bits per heavy atom. The number of benzene rings is 2. The first-order valence-electron chi connectivity index (χ1n) is 8.28. The predicted molar refractivity (Wildman–Crippen MR) is 101 cm³/mol. The second-order valence-electron chi connectivity index (χ2n) is 6.10. The molecule has 0 spiro atoms. The average molecular weight is 381 g/mol. The molecule has 2 heterocycles. The van der Waals surface area contributed by atoms with Crippen LogP contribution < -0.4 is 9.62 Å². The Morgan fingerprint density at radius 1 is 0.889 bits per heavy atom. The highest BCUT2D eigenvalue weighted by Crippen LogP contribution is 2.26. The van der Waals surface area contributed by atoms with Crippen molar-refractivity contribution in [3.05, 3.63) is 60.8 Å². The van der Waals surface area contributed by atoms with E-state index in [0.717, 1.165) is 10.3 Å². The van der Waals surface area contributed by atoms with Gasteiger partial charge >= 0.3 is 0 Å². The van der Waals surface area contributed by atoms with E-state index in [2.05, 4.69) is 9.71 Å². The molecule has 1 aliphatic heterocycles. The van der Waals surface area contributed by atoms with Crippen molar-refractivity contribution in [3.8, 4) is 0 Å². The Balaban J connectivity index is 1.64. The summed E-state index contributed by atoms with van der Waals surface area (Å²) in [5, 5.41) is 0.819. The molecule has 0 unspecified atom stereocenters. The third kappa shape index (κ3) is 3.15. The first-order chi connectivity index (χ1) is 13.0. The number of amides is 2. The minimum atomic E-state index is -3.85. The van der Waals surface area contributed by atoms with Gasteiger partial charge in [-0.2, -0.15) is 0 Å². The van der Waals surface area contributed by atoms with Gasteiger partial charge in [0.1, 0.15) is 0 Å². The number of hydrogen-bond donors (Lipinski definition) is 1. The van der Waals surface area contributed by atoms with Crippen LogP contribution in [-0.2, 0) is 19.6 Å². The fraction of sp³-hybridized carbons (Fsp3) is 0.105. The van der Waals surface area contributed by atoms with Crippen LogP contribution >= 0.6 is 0 Å². The molecular weight excluding hydrogens is 366 g/mol. The predicted octanol–water partition coefficient (Wildman–Crippen LogP) is 2.69. The van der Waals surface area contributed by atoms with E-state index in [1.807, 2.05) is 12.1 Å². The van der Waals surface area contributed by atoms with Crippen LogP contribution in [0.1, 0.15) is 12.8 Å². The first-order valence-corrected chi connectivity index (χ1v) is 9.76. The maximum atomic E-state index is 12.7. The summed E-state index contributed by atoms with van der Waals surface area (Å²) in [5.74, 6) is -0.564. The lowest BCUT2D eigenvalue weighted by atomic mass is 10.2. The zero-order valence-corrected chi connectivity index (χ0v) is 14.9. The quantitative estimate of drug-likeness (QED) is 0.701. The van der Waals surface area contributed by atoms with E-state index in [1.165, 1.54) is 24.3 Å². The molecule has 1 saturated heterocycles. The molecule has 0 bridgehead atoms. The molecule has 0 atom stereocenters. The third-order valence-corrected chi connectivity index (χ3v) is 5.72. The third-order valence-electron chi connectivity index (χ3n) is 4.33. The minimum absolute atomic E-state index is 0.0262. The van der Waals surface area contributed by atoms with E-state index >= 15 is 0 Å². The number of nitrogens with one attached hydrogen (secondary N) is 1. The van der Waals surface area contributed by atoms with Crippen molar-refractivity contribution in [3.63, 3.8) is 0 Å². The van der Waals surface area contributed by atoms with Crippen LogP contribution in [0.25, 0.3) is 10.9 Å². The molecule has 0 saturated carbocycles. The van der Waals surface area contributed by atoms with Gasteiger partial charge in [0.25, 0.3) is 10.0 Å². The number of fused-ring (bicyclic) bond motifs is 1. The summed E-state index contributed by atoms with van der Waals surface area (Å²) in [6.07, 6.45) is 1.95. The Morgan fingerprint density at radius 3 is 2.26 bits per heavy atom. The summed E-state index contributed by atoms with van der Waals surface area (Å²) in [6.45, 7) is 0. The Kier molecular flexibility index (Phi) is 4.12. The normalized spacial score (nSPS) is 14.7. The molecule has 1 aliphatic rings. The number of sulfonamides is 1. The van der Waals surface area contributed by atoms with E-state index < -0.39 is 10.0 Å². The molecule has 2 amide bonds. The van der Waals surface area contributed by atoms with Gasteiger partial charge in [0.15, 0.2) is 0 Å². The van der Waals surface area contributed by atoms with E-state index in [-0.39, 0.29) is 29.6 Å². The summed E-state index contributed by atoms with van der Waals surface area (Å²) in [4.78, 5) is 28.9. The average Bonchev–Trinajstić information content (AvgIpc) is 3.00. The summed E-state index contributed by atoms with van der Waals surface area (Å²) in [6, 6.07) is 14.5. The Hall–Kier alpha value is -3.26. The SMILES string of the molecule is O=C1CCC(=O)N1c1ccc(S(=O)(=O)Nc2cccc3cccnc23)cc1. The van der Waals surface area contributed by atoms with Crippen molar-refractivity contribution in [2.45, 2.75) is 17.7 Å². The first kappa shape index (κ1) is 17.2.